The zero-order valence-electron chi connectivity index (χ0n) is 9.97. The Bertz CT molecular complexity index is 596. The molecule has 2 aromatic carbocycles. The molecule has 0 saturated heterocycles. The SMILES string of the molecule is NC(=O)c1ccc(Oc2ccc(F)cc2CO)cc1. The van der Waals surface area contributed by atoms with Gasteiger partial charge >= 0.3 is 0 Å². The lowest BCUT2D eigenvalue weighted by Crippen LogP contribution is -2.10. The smallest absolute Gasteiger partial charge is 0.248 e. The van der Waals surface area contributed by atoms with Crippen LogP contribution in [0, 0.1) is 5.82 Å². The van der Waals surface area contributed by atoms with E-state index in [1.807, 2.05) is 0 Å². The summed E-state index contributed by atoms with van der Waals surface area (Å²) in [5.74, 6) is -0.146. The zero-order chi connectivity index (χ0) is 13.8. The molecule has 0 aliphatic carbocycles. The van der Waals surface area contributed by atoms with E-state index in [0.717, 1.165) is 0 Å². The number of benzene rings is 2. The van der Waals surface area contributed by atoms with E-state index in [4.69, 9.17) is 15.6 Å². The summed E-state index contributed by atoms with van der Waals surface area (Å²) in [4.78, 5) is 10.9. The fourth-order valence-corrected chi connectivity index (χ4v) is 1.59. The Hall–Kier alpha value is -2.40. The number of carbonyl (C=O) groups excluding carboxylic acids is 1. The standard InChI is InChI=1S/C14H12FNO3/c15-11-3-6-13(10(7-11)8-17)19-12-4-1-9(2-5-12)14(16)18/h1-7,17H,8H2,(H2,16,18). The third-order valence-corrected chi connectivity index (χ3v) is 2.56. The predicted molar refractivity (Wildman–Crippen MR) is 67.4 cm³/mol. The van der Waals surface area contributed by atoms with E-state index in [1.165, 1.54) is 30.3 Å². The minimum Gasteiger partial charge on any atom is -0.457 e. The minimum absolute atomic E-state index is 0.327. The second kappa shape index (κ2) is 5.49. The van der Waals surface area contributed by atoms with Crippen LogP contribution in [0.25, 0.3) is 0 Å². The summed E-state index contributed by atoms with van der Waals surface area (Å²) >= 11 is 0. The highest BCUT2D eigenvalue weighted by atomic mass is 19.1. The van der Waals surface area contributed by atoms with E-state index in [1.54, 1.807) is 12.1 Å². The first kappa shape index (κ1) is 13.0. The number of primary amides is 1. The molecule has 2 rings (SSSR count). The van der Waals surface area contributed by atoms with Crippen molar-refractivity contribution in [2.45, 2.75) is 6.61 Å². The van der Waals surface area contributed by atoms with Gasteiger partial charge in [0.2, 0.25) is 5.91 Å². The van der Waals surface area contributed by atoms with Crippen molar-refractivity contribution in [3.05, 3.63) is 59.4 Å². The Balaban J connectivity index is 2.23. The van der Waals surface area contributed by atoms with Gasteiger partial charge in [-0.3, -0.25) is 4.79 Å². The van der Waals surface area contributed by atoms with Crippen LogP contribution in [-0.2, 0) is 6.61 Å². The van der Waals surface area contributed by atoms with Crippen molar-refractivity contribution in [2.24, 2.45) is 5.73 Å². The maximum absolute atomic E-state index is 13.0. The molecule has 0 aliphatic rings. The number of aliphatic hydroxyl groups is 1. The highest BCUT2D eigenvalue weighted by Gasteiger charge is 2.06. The van der Waals surface area contributed by atoms with Gasteiger partial charge in [-0.15, -0.1) is 0 Å². The highest BCUT2D eigenvalue weighted by Crippen LogP contribution is 2.26. The Morgan fingerprint density at radius 3 is 2.47 bits per heavy atom. The molecule has 5 heteroatoms. The molecule has 0 fully saturated rings. The number of halogens is 1. The molecule has 0 aliphatic heterocycles. The minimum atomic E-state index is -0.524. The third-order valence-electron chi connectivity index (χ3n) is 2.56. The predicted octanol–water partition coefficient (Wildman–Crippen LogP) is 2.21. The van der Waals surface area contributed by atoms with Crippen molar-refractivity contribution in [1.82, 2.24) is 0 Å². The molecule has 0 aromatic heterocycles. The number of amides is 1. The van der Waals surface area contributed by atoms with Gasteiger partial charge in [-0.1, -0.05) is 0 Å². The van der Waals surface area contributed by atoms with Crippen molar-refractivity contribution in [3.63, 3.8) is 0 Å². The number of aliphatic hydroxyl groups excluding tert-OH is 1. The van der Waals surface area contributed by atoms with E-state index >= 15 is 0 Å². The number of hydrogen-bond donors (Lipinski definition) is 2. The summed E-state index contributed by atoms with van der Waals surface area (Å²) in [6, 6.07) is 10.1. The molecule has 0 radical (unpaired) electrons. The molecule has 0 atom stereocenters. The topological polar surface area (TPSA) is 72.6 Å². The zero-order valence-corrected chi connectivity index (χ0v) is 9.97. The summed E-state index contributed by atoms with van der Waals surface area (Å²) in [5.41, 5.74) is 5.84. The summed E-state index contributed by atoms with van der Waals surface area (Å²) in [5, 5.41) is 9.13. The first-order chi connectivity index (χ1) is 9.10. The van der Waals surface area contributed by atoms with Gasteiger partial charge in [0.15, 0.2) is 0 Å². The Morgan fingerprint density at radius 2 is 1.89 bits per heavy atom. The van der Waals surface area contributed by atoms with Crippen LogP contribution in [0.3, 0.4) is 0 Å². The number of ether oxygens (including phenoxy) is 1. The maximum atomic E-state index is 13.0. The summed E-state index contributed by atoms with van der Waals surface area (Å²) in [7, 11) is 0. The van der Waals surface area contributed by atoms with Gasteiger partial charge in [0, 0.05) is 11.1 Å². The number of hydrogen-bond acceptors (Lipinski definition) is 3. The van der Waals surface area contributed by atoms with Crippen LogP contribution < -0.4 is 10.5 Å². The van der Waals surface area contributed by atoms with Gasteiger partial charge in [0.25, 0.3) is 0 Å². The summed E-state index contributed by atoms with van der Waals surface area (Å²) in [6.07, 6.45) is 0. The molecular weight excluding hydrogens is 249 g/mol. The number of rotatable bonds is 4. The van der Waals surface area contributed by atoms with Gasteiger partial charge in [-0.2, -0.15) is 0 Å². The largest absolute Gasteiger partial charge is 0.457 e. The lowest BCUT2D eigenvalue weighted by atomic mass is 10.2. The van der Waals surface area contributed by atoms with Crippen LogP contribution in [0.5, 0.6) is 11.5 Å². The quantitative estimate of drug-likeness (QED) is 0.886. The lowest BCUT2D eigenvalue weighted by Gasteiger charge is -2.10. The molecule has 98 valence electrons. The molecule has 0 saturated carbocycles. The highest BCUT2D eigenvalue weighted by molar-refractivity contribution is 5.92. The van der Waals surface area contributed by atoms with Crippen LogP contribution in [0.2, 0.25) is 0 Å². The molecule has 4 nitrogen and oxygen atoms in total. The molecule has 0 spiro atoms. The second-order valence-corrected chi connectivity index (χ2v) is 3.90. The van der Waals surface area contributed by atoms with Crippen molar-refractivity contribution in [2.75, 3.05) is 0 Å². The lowest BCUT2D eigenvalue weighted by molar-refractivity contribution is 0.100. The third kappa shape index (κ3) is 3.08. The van der Waals surface area contributed by atoms with Gasteiger partial charge in [-0.25, -0.2) is 4.39 Å². The van der Waals surface area contributed by atoms with Crippen LogP contribution in [0.4, 0.5) is 4.39 Å². The molecule has 3 N–H and O–H groups in total. The Labute approximate surface area is 109 Å². The van der Waals surface area contributed by atoms with Gasteiger partial charge in [0.1, 0.15) is 17.3 Å². The van der Waals surface area contributed by atoms with Crippen LogP contribution in [-0.4, -0.2) is 11.0 Å². The van der Waals surface area contributed by atoms with E-state index in [0.29, 0.717) is 22.6 Å². The van der Waals surface area contributed by atoms with Crippen LogP contribution in [0.15, 0.2) is 42.5 Å². The van der Waals surface area contributed by atoms with Gasteiger partial charge < -0.3 is 15.6 Å². The Morgan fingerprint density at radius 1 is 1.21 bits per heavy atom. The number of carbonyl (C=O) groups is 1. The van der Waals surface area contributed by atoms with Gasteiger partial charge in [0.05, 0.1) is 6.61 Å². The molecule has 0 bridgehead atoms. The fraction of sp³-hybridized carbons (Fsp3) is 0.0714. The van der Waals surface area contributed by atoms with Crippen LogP contribution >= 0.6 is 0 Å². The normalized spacial score (nSPS) is 10.2. The van der Waals surface area contributed by atoms with Crippen molar-refractivity contribution < 1.29 is 19.0 Å². The molecule has 1 amide bonds. The monoisotopic (exact) mass is 261 g/mol. The first-order valence-corrected chi connectivity index (χ1v) is 5.57. The second-order valence-electron chi connectivity index (χ2n) is 3.90. The van der Waals surface area contributed by atoms with E-state index < -0.39 is 11.7 Å². The average Bonchev–Trinajstić information content (AvgIpc) is 2.41. The van der Waals surface area contributed by atoms with E-state index in [-0.39, 0.29) is 6.61 Å². The van der Waals surface area contributed by atoms with E-state index in [9.17, 15) is 9.18 Å². The first-order valence-electron chi connectivity index (χ1n) is 5.57. The van der Waals surface area contributed by atoms with Crippen LogP contribution in [0.1, 0.15) is 15.9 Å². The average molecular weight is 261 g/mol. The number of nitrogens with two attached hydrogens (primary N) is 1. The van der Waals surface area contributed by atoms with Crippen molar-refractivity contribution >= 4 is 5.91 Å². The molecular formula is C14H12FNO3. The van der Waals surface area contributed by atoms with Gasteiger partial charge in [-0.05, 0) is 42.5 Å². The molecule has 0 unspecified atom stereocenters. The molecule has 0 heterocycles. The summed E-state index contributed by atoms with van der Waals surface area (Å²) < 4.78 is 18.5. The van der Waals surface area contributed by atoms with Crippen molar-refractivity contribution in [1.29, 1.82) is 0 Å². The maximum Gasteiger partial charge on any atom is 0.248 e. The molecule has 2 aromatic rings. The molecule has 19 heavy (non-hydrogen) atoms. The van der Waals surface area contributed by atoms with E-state index in [2.05, 4.69) is 0 Å². The Kier molecular flexibility index (Phi) is 3.77. The van der Waals surface area contributed by atoms with Crippen molar-refractivity contribution in [3.8, 4) is 11.5 Å². The summed E-state index contributed by atoms with van der Waals surface area (Å²) in [6.45, 7) is -0.327. The fourth-order valence-electron chi connectivity index (χ4n) is 1.59.